The van der Waals surface area contributed by atoms with Crippen molar-refractivity contribution >= 4 is 17.8 Å². The van der Waals surface area contributed by atoms with Crippen molar-refractivity contribution in [2.24, 2.45) is 0 Å². The number of amides is 1. The number of carbonyl (C=O) groups is 3. The number of hydrogen-bond acceptors (Lipinski definition) is 8. The van der Waals surface area contributed by atoms with Gasteiger partial charge in [0.05, 0.1) is 13.7 Å². The maximum Gasteiger partial charge on any atom is 0.328 e. The van der Waals surface area contributed by atoms with E-state index in [0.717, 1.165) is 6.42 Å². The summed E-state index contributed by atoms with van der Waals surface area (Å²) in [4.78, 5) is 39.8. The van der Waals surface area contributed by atoms with Gasteiger partial charge in [0.2, 0.25) is 5.75 Å². The number of ether oxygens (including phenoxy) is 4. The molecule has 0 aliphatic carbocycles. The van der Waals surface area contributed by atoms with Crippen LogP contribution in [0.15, 0.2) is 12.3 Å². The van der Waals surface area contributed by atoms with Crippen LogP contribution < -0.4 is 14.8 Å². The first kappa shape index (κ1) is 22.4. The molecule has 150 valence electrons. The van der Waals surface area contributed by atoms with Gasteiger partial charge in [0, 0.05) is 25.8 Å². The second kappa shape index (κ2) is 11.1. The van der Waals surface area contributed by atoms with Crippen LogP contribution >= 0.6 is 0 Å². The highest BCUT2D eigenvalue weighted by Crippen LogP contribution is 2.29. The molecule has 0 spiro atoms. The van der Waals surface area contributed by atoms with Crippen LogP contribution in [0.5, 0.6) is 11.5 Å². The summed E-state index contributed by atoms with van der Waals surface area (Å²) in [6, 6.07) is 0.509. The molecule has 1 N–H and O–H groups in total. The molecule has 1 heterocycles. The maximum absolute atomic E-state index is 12.5. The number of rotatable bonds is 10. The van der Waals surface area contributed by atoms with E-state index in [-0.39, 0.29) is 23.8 Å². The third kappa shape index (κ3) is 7.22. The van der Waals surface area contributed by atoms with Gasteiger partial charge in [0.1, 0.15) is 12.1 Å². The van der Waals surface area contributed by atoms with E-state index in [0.29, 0.717) is 6.61 Å². The number of aromatic nitrogens is 1. The van der Waals surface area contributed by atoms with E-state index in [1.807, 2.05) is 6.92 Å². The molecule has 1 amide bonds. The van der Waals surface area contributed by atoms with Gasteiger partial charge in [-0.05, 0) is 20.3 Å². The molecule has 9 heteroatoms. The largest absolute Gasteiger partial charge is 0.493 e. The Kier molecular flexibility index (Phi) is 9.21. The third-order valence-corrected chi connectivity index (χ3v) is 3.27. The van der Waals surface area contributed by atoms with Gasteiger partial charge in [0.25, 0.3) is 5.91 Å². The molecule has 0 bridgehead atoms. The van der Waals surface area contributed by atoms with Gasteiger partial charge < -0.3 is 24.3 Å². The van der Waals surface area contributed by atoms with E-state index < -0.39 is 30.0 Å². The normalized spacial score (nSPS) is 12.6. The first-order valence-electron chi connectivity index (χ1n) is 8.60. The zero-order valence-corrected chi connectivity index (χ0v) is 16.2. The van der Waals surface area contributed by atoms with Crippen LogP contribution in [0.1, 0.15) is 44.6 Å². The Morgan fingerprint density at radius 2 is 1.96 bits per heavy atom. The van der Waals surface area contributed by atoms with Crippen molar-refractivity contribution in [1.29, 1.82) is 0 Å². The molecule has 0 aliphatic heterocycles. The predicted octanol–water partition coefficient (Wildman–Crippen LogP) is 1.49. The maximum atomic E-state index is 12.5. The second-order valence-corrected chi connectivity index (χ2v) is 5.80. The smallest absolute Gasteiger partial charge is 0.328 e. The number of nitrogens with one attached hydrogen (secondary N) is 1. The van der Waals surface area contributed by atoms with Crippen molar-refractivity contribution in [3.63, 3.8) is 0 Å². The number of hydrogen-bond donors (Lipinski definition) is 1. The molecule has 0 aromatic carbocycles. The lowest BCUT2D eigenvalue weighted by molar-refractivity contribution is -0.152. The van der Waals surface area contributed by atoms with Gasteiger partial charge in [-0.3, -0.25) is 9.59 Å². The van der Waals surface area contributed by atoms with E-state index >= 15 is 0 Å². The van der Waals surface area contributed by atoms with Crippen molar-refractivity contribution in [2.45, 2.75) is 46.3 Å². The molecule has 1 aromatic rings. The lowest BCUT2D eigenvalue weighted by Gasteiger charge is -2.18. The van der Waals surface area contributed by atoms with Crippen molar-refractivity contribution in [3.8, 4) is 11.5 Å². The summed E-state index contributed by atoms with van der Waals surface area (Å²) in [5.74, 6) is -1.91. The molecule has 2 atom stereocenters. The van der Waals surface area contributed by atoms with Crippen LogP contribution in [0.3, 0.4) is 0 Å². The molecular formula is C18H26N2O7. The number of carbonyl (C=O) groups excluding carboxylic acids is 3. The van der Waals surface area contributed by atoms with Crippen molar-refractivity contribution in [2.75, 3.05) is 20.3 Å². The Bertz CT molecular complexity index is 663. The Morgan fingerprint density at radius 3 is 2.56 bits per heavy atom. The summed E-state index contributed by atoms with van der Waals surface area (Å²) in [5.41, 5.74) is -0.177. The summed E-state index contributed by atoms with van der Waals surface area (Å²) in [6.45, 7) is 7.19. The molecule has 0 fully saturated rings. The molecule has 0 saturated carbocycles. The quantitative estimate of drug-likeness (QED) is 0.478. The van der Waals surface area contributed by atoms with Crippen LogP contribution in [0, 0.1) is 0 Å². The minimum Gasteiger partial charge on any atom is -0.493 e. The number of methoxy groups -OCH3 is 1. The molecule has 9 nitrogen and oxygen atoms in total. The van der Waals surface area contributed by atoms with E-state index in [4.69, 9.17) is 18.9 Å². The first-order chi connectivity index (χ1) is 12.8. The molecule has 0 aliphatic rings. The van der Waals surface area contributed by atoms with E-state index in [1.54, 1.807) is 6.92 Å². The van der Waals surface area contributed by atoms with Gasteiger partial charge in [-0.1, -0.05) is 6.92 Å². The van der Waals surface area contributed by atoms with Gasteiger partial charge in [-0.25, -0.2) is 9.78 Å². The first-order valence-corrected chi connectivity index (χ1v) is 8.60. The van der Waals surface area contributed by atoms with Gasteiger partial charge in [0.15, 0.2) is 11.4 Å². The summed E-state index contributed by atoms with van der Waals surface area (Å²) < 4.78 is 20.7. The molecule has 0 saturated heterocycles. The monoisotopic (exact) mass is 382 g/mol. The minimum atomic E-state index is -0.940. The fraction of sp³-hybridized carbons (Fsp3) is 0.556. The Morgan fingerprint density at radius 1 is 1.26 bits per heavy atom. The number of pyridine rings is 1. The van der Waals surface area contributed by atoms with E-state index in [1.165, 1.54) is 33.2 Å². The molecular weight excluding hydrogens is 356 g/mol. The Hall–Kier alpha value is -2.68. The van der Waals surface area contributed by atoms with Gasteiger partial charge in [-0.2, -0.15) is 0 Å². The summed E-state index contributed by atoms with van der Waals surface area (Å²) in [5, 5.41) is 2.47. The lowest BCUT2D eigenvalue weighted by Crippen LogP contribution is -2.41. The van der Waals surface area contributed by atoms with Crippen LogP contribution in [-0.4, -0.2) is 55.3 Å². The van der Waals surface area contributed by atoms with Gasteiger partial charge >= 0.3 is 11.9 Å². The minimum absolute atomic E-state index is 0.119. The highest BCUT2D eigenvalue weighted by molar-refractivity contribution is 5.98. The van der Waals surface area contributed by atoms with Crippen LogP contribution in [0.4, 0.5) is 0 Å². The van der Waals surface area contributed by atoms with Crippen molar-refractivity contribution < 1.29 is 33.3 Å². The fourth-order valence-corrected chi connectivity index (χ4v) is 2.05. The van der Waals surface area contributed by atoms with Crippen LogP contribution in [-0.2, 0) is 19.1 Å². The second-order valence-electron chi connectivity index (χ2n) is 5.80. The average molecular weight is 382 g/mol. The van der Waals surface area contributed by atoms with Crippen molar-refractivity contribution in [3.05, 3.63) is 18.0 Å². The highest BCUT2D eigenvalue weighted by atomic mass is 16.6. The van der Waals surface area contributed by atoms with Crippen LogP contribution in [0.2, 0.25) is 0 Å². The zero-order valence-electron chi connectivity index (χ0n) is 16.2. The standard InChI is InChI=1S/C18H26N2O7/c1-6-9-25-10-11(2)26-18(23)12(3)20-17(22)15-16(27-13(4)21)14(24-5)7-8-19-15/h7-8,11-12H,6,9-10H2,1-5H3,(H,20,22)/t11-,12-/m0/s1. The third-order valence-electron chi connectivity index (χ3n) is 3.27. The average Bonchev–Trinajstić information content (AvgIpc) is 2.61. The molecule has 0 radical (unpaired) electrons. The molecule has 1 rings (SSSR count). The topological polar surface area (TPSA) is 113 Å². The zero-order chi connectivity index (χ0) is 20.4. The fourth-order valence-electron chi connectivity index (χ4n) is 2.05. The number of esters is 2. The lowest BCUT2D eigenvalue weighted by atomic mass is 10.2. The molecule has 1 aromatic heterocycles. The Labute approximate surface area is 158 Å². The Balaban J connectivity index is 2.77. The SMILES string of the molecule is CCCOC[C@H](C)OC(=O)[C@H](C)NC(=O)c1nccc(OC)c1OC(C)=O. The highest BCUT2D eigenvalue weighted by Gasteiger charge is 2.25. The summed E-state index contributed by atoms with van der Waals surface area (Å²) in [6.07, 6.45) is 1.75. The molecule has 27 heavy (non-hydrogen) atoms. The summed E-state index contributed by atoms with van der Waals surface area (Å²) >= 11 is 0. The predicted molar refractivity (Wildman–Crippen MR) is 95.7 cm³/mol. The summed E-state index contributed by atoms with van der Waals surface area (Å²) in [7, 11) is 1.37. The van der Waals surface area contributed by atoms with Crippen LogP contribution in [0.25, 0.3) is 0 Å². The number of nitrogens with zero attached hydrogens (tertiary/aromatic N) is 1. The van der Waals surface area contributed by atoms with Gasteiger partial charge in [-0.15, -0.1) is 0 Å². The van der Waals surface area contributed by atoms with E-state index in [2.05, 4.69) is 10.3 Å². The van der Waals surface area contributed by atoms with E-state index in [9.17, 15) is 14.4 Å². The molecule has 0 unspecified atom stereocenters. The van der Waals surface area contributed by atoms with Crippen molar-refractivity contribution in [1.82, 2.24) is 10.3 Å².